The zero-order valence-electron chi connectivity index (χ0n) is 8.25. The molecule has 0 aromatic carbocycles. The van der Waals surface area contributed by atoms with Crippen molar-refractivity contribution >= 4 is 0 Å². The van der Waals surface area contributed by atoms with E-state index in [1.165, 1.54) is 0 Å². The fourth-order valence-electron chi connectivity index (χ4n) is 0.868. The summed E-state index contributed by atoms with van der Waals surface area (Å²) in [6, 6.07) is 0. The van der Waals surface area contributed by atoms with Gasteiger partial charge in [-0.3, -0.25) is 0 Å². The first-order valence-corrected chi connectivity index (χ1v) is 4.38. The normalized spacial score (nSPS) is 14.6. The number of aliphatic hydroxyl groups is 1. The van der Waals surface area contributed by atoms with E-state index in [1.54, 1.807) is 13.8 Å². The Balaban J connectivity index is 2.69. The van der Waals surface area contributed by atoms with Crippen molar-refractivity contribution in [1.29, 1.82) is 0 Å². The highest BCUT2D eigenvalue weighted by Crippen LogP contribution is 2.26. The van der Waals surface area contributed by atoms with Crippen LogP contribution in [0.25, 0.3) is 0 Å². The molecule has 15 heavy (non-hydrogen) atoms. The molecule has 0 fully saturated rings. The Kier molecular flexibility index (Phi) is 3.33. The van der Waals surface area contributed by atoms with Gasteiger partial charge in [-0.1, -0.05) is 19.0 Å². The Morgan fingerprint density at radius 2 is 2.00 bits per heavy atom. The van der Waals surface area contributed by atoms with Crippen molar-refractivity contribution in [2.24, 2.45) is 5.92 Å². The molecule has 1 unspecified atom stereocenters. The molecule has 4 nitrogen and oxygen atoms in total. The van der Waals surface area contributed by atoms with Gasteiger partial charge >= 0.3 is 6.18 Å². The van der Waals surface area contributed by atoms with E-state index in [0.717, 1.165) is 0 Å². The van der Waals surface area contributed by atoms with Crippen LogP contribution in [-0.4, -0.2) is 21.4 Å². The van der Waals surface area contributed by atoms with Crippen LogP contribution in [0.3, 0.4) is 0 Å². The zero-order valence-corrected chi connectivity index (χ0v) is 8.25. The van der Waals surface area contributed by atoms with E-state index < -0.39 is 18.1 Å². The predicted molar refractivity (Wildman–Crippen MR) is 43.8 cm³/mol. The van der Waals surface area contributed by atoms with Gasteiger partial charge in [-0.15, -0.1) is 0 Å². The minimum atomic E-state index is -4.61. The van der Waals surface area contributed by atoms with Crippen molar-refractivity contribution in [3.05, 3.63) is 11.7 Å². The average molecular weight is 224 g/mol. The second-order valence-corrected chi connectivity index (χ2v) is 3.52. The lowest BCUT2D eigenvalue weighted by atomic mass is 10.0. The van der Waals surface area contributed by atoms with Crippen molar-refractivity contribution in [2.45, 2.75) is 32.5 Å². The number of hydrogen-bond donors (Lipinski definition) is 1. The zero-order chi connectivity index (χ0) is 11.6. The molecular weight excluding hydrogens is 213 g/mol. The van der Waals surface area contributed by atoms with Crippen LogP contribution in [0.1, 0.15) is 25.6 Å². The van der Waals surface area contributed by atoms with Crippen molar-refractivity contribution in [3.8, 4) is 0 Å². The molecule has 0 saturated carbocycles. The van der Waals surface area contributed by atoms with Crippen LogP contribution in [0.15, 0.2) is 4.52 Å². The second kappa shape index (κ2) is 4.18. The van der Waals surface area contributed by atoms with E-state index in [4.69, 9.17) is 0 Å². The maximum Gasteiger partial charge on any atom is 0.455 e. The number of rotatable bonds is 3. The van der Waals surface area contributed by atoms with E-state index in [9.17, 15) is 18.3 Å². The quantitative estimate of drug-likeness (QED) is 0.848. The number of alkyl halides is 3. The third-order valence-electron chi connectivity index (χ3n) is 1.87. The predicted octanol–water partition coefficient (Wildman–Crippen LogP) is 1.65. The van der Waals surface area contributed by atoms with Crippen LogP contribution < -0.4 is 0 Å². The van der Waals surface area contributed by atoms with Gasteiger partial charge in [0.05, 0.1) is 12.5 Å². The summed E-state index contributed by atoms with van der Waals surface area (Å²) >= 11 is 0. The highest BCUT2D eigenvalue weighted by molar-refractivity contribution is 4.92. The fourth-order valence-corrected chi connectivity index (χ4v) is 0.868. The van der Waals surface area contributed by atoms with E-state index in [2.05, 4.69) is 14.7 Å². The molecule has 1 aromatic rings. The molecule has 0 radical (unpaired) electrons. The topological polar surface area (TPSA) is 59.2 Å². The van der Waals surface area contributed by atoms with Gasteiger partial charge in [-0.2, -0.15) is 18.2 Å². The maximum absolute atomic E-state index is 12.0. The van der Waals surface area contributed by atoms with Crippen molar-refractivity contribution < 1.29 is 22.8 Å². The van der Waals surface area contributed by atoms with Gasteiger partial charge in [0.1, 0.15) is 0 Å². The van der Waals surface area contributed by atoms with Gasteiger partial charge in [-0.05, 0) is 5.92 Å². The van der Waals surface area contributed by atoms with Crippen LogP contribution in [-0.2, 0) is 12.6 Å². The maximum atomic E-state index is 12.0. The van der Waals surface area contributed by atoms with Crippen LogP contribution in [0.5, 0.6) is 0 Å². The Hall–Kier alpha value is -1.11. The molecule has 0 aliphatic heterocycles. The Labute approximate surface area is 84.1 Å². The first-order chi connectivity index (χ1) is 6.80. The Bertz CT molecular complexity index is 322. The first-order valence-electron chi connectivity index (χ1n) is 4.38. The number of aromatic nitrogens is 2. The summed E-state index contributed by atoms with van der Waals surface area (Å²) in [6.07, 6.45) is -5.46. The van der Waals surface area contributed by atoms with Gasteiger partial charge < -0.3 is 9.63 Å². The monoisotopic (exact) mass is 224 g/mol. The lowest BCUT2D eigenvalue weighted by molar-refractivity contribution is -0.146. The molecule has 86 valence electrons. The second-order valence-electron chi connectivity index (χ2n) is 3.52. The lowest BCUT2D eigenvalue weighted by Gasteiger charge is -2.10. The molecule has 1 N–H and O–H groups in total. The van der Waals surface area contributed by atoms with Crippen molar-refractivity contribution in [3.63, 3.8) is 0 Å². The molecule has 0 amide bonds. The van der Waals surface area contributed by atoms with Gasteiger partial charge in [0.2, 0.25) is 5.89 Å². The van der Waals surface area contributed by atoms with Gasteiger partial charge in [0.25, 0.3) is 5.82 Å². The third kappa shape index (κ3) is 3.19. The summed E-state index contributed by atoms with van der Waals surface area (Å²) in [7, 11) is 0. The summed E-state index contributed by atoms with van der Waals surface area (Å²) < 4.78 is 40.5. The summed E-state index contributed by atoms with van der Waals surface area (Å²) in [4.78, 5) is 3.14. The summed E-state index contributed by atoms with van der Waals surface area (Å²) in [6.45, 7) is 3.48. The van der Waals surface area contributed by atoms with Gasteiger partial charge in [-0.25, -0.2) is 0 Å². The van der Waals surface area contributed by atoms with Gasteiger partial charge in [0.15, 0.2) is 0 Å². The minimum Gasteiger partial charge on any atom is -0.392 e. The average Bonchev–Trinajstić information content (AvgIpc) is 2.51. The molecule has 1 aromatic heterocycles. The highest BCUT2D eigenvalue weighted by Gasteiger charge is 2.37. The minimum absolute atomic E-state index is 0.0687. The molecule has 0 spiro atoms. The van der Waals surface area contributed by atoms with Crippen LogP contribution in [0.4, 0.5) is 13.2 Å². The van der Waals surface area contributed by atoms with E-state index >= 15 is 0 Å². The Morgan fingerprint density at radius 1 is 1.40 bits per heavy atom. The fraction of sp³-hybridized carbons (Fsp3) is 0.750. The number of halogens is 3. The molecule has 7 heteroatoms. The summed E-state index contributed by atoms with van der Waals surface area (Å²) in [5.74, 6) is -1.59. The largest absolute Gasteiger partial charge is 0.455 e. The molecule has 0 aliphatic rings. The van der Waals surface area contributed by atoms with Crippen LogP contribution in [0, 0.1) is 5.92 Å². The molecule has 0 bridgehead atoms. The first kappa shape index (κ1) is 12.0. The van der Waals surface area contributed by atoms with Crippen molar-refractivity contribution in [2.75, 3.05) is 0 Å². The van der Waals surface area contributed by atoms with E-state index in [1.807, 2.05) is 0 Å². The lowest BCUT2D eigenvalue weighted by Crippen LogP contribution is -2.18. The summed E-state index contributed by atoms with van der Waals surface area (Å²) in [5.41, 5.74) is 0. The highest BCUT2D eigenvalue weighted by atomic mass is 19.4. The Morgan fingerprint density at radius 3 is 2.40 bits per heavy atom. The standard InChI is InChI=1S/C8H11F3N2O2/c1-4(2)5(14)3-6-12-7(13-15-6)8(9,10)11/h4-5,14H,3H2,1-2H3. The molecule has 1 atom stereocenters. The SMILES string of the molecule is CC(C)C(O)Cc1nc(C(F)(F)F)no1. The molecule has 1 rings (SSSR count). The number of aliphatic hydroxyl groups excluding tert-OH is 1. The molecule has 1 heterocycles. The number of nitrogens with zero attached hydrogens (tertiary/aromatic N) is 2. The number of hydrogen-bond acceptors (Lipinski definition) is 4. The van der Waals surface area contributed by atoms with Crippen LogP contribution >= 0.6 is 0 Å². The molecular formula is C8H11F3N2O2. The summed E-state index contributed by atoms with van der Waals surface area (Å²) in [5, 5.41) is 12.2. The van der Waals surface area contributed by atoms with Gasteiger partial charge in [0, 0.05) is 0 Å². The van der Waals surface area contributed by atoms with Crippen molar-refractivity contribution in [1.82, 2.24) is 10.1 Å². The van der Waals surface area contributed by atoms with Crippen LogP contribution in [0.2, 0.25) is 0 Å². The third-order valence-corrected chi connectivity index (χ3v) is 1.87. The molecule has 0 aliphatic carbocycles. The smallest absolute Gasteiger partial charge is 0.392 e. The van der Waals surface area contributed by atoms with E-state index in [-0.39, 0.29) is 18.2 Å². The molecule has 0 saturated heterocycles. The van der Waals surface area contributed by atoms with E-state index in [0.29, 0.717) is 0 Å².